The Balaban J connectivity index is 2.29. The third-order valence-corrected chi connectivity index (χ3v) is 5.57. The van der Waals surface area contributed by atoms with Gasteiger partial charge in [0, 0.05) is 0 Å². The van der Waals surface area contributed by atoms with Gasteiger partial charge in [0.2, 0.25) is 9.84 Å². The Hall–Kier alpha value is -2.85. The largest absolute Gasteiger partial charge is 0.397 e. The van der Waals surface area contributed by atoms with Crippen molar-refractivity contribution >= 4 is 20.4 Å². The second-order valence-electron chi connectivity index (χ2n) is 5.29. The molecule has 4 heteroatoms. The summed E-state index contributed by atoms with van der Waals surface area (Å²) in [5.74, 6) is 0. The molecule has 0 aliphatic rings. The summed E-state index contributed by atoms with van der Waals surface area (Å²) in [6.45, 7) is 0. The minimum atomic E-state index is -3.75. The number of benzene rings is 3. The fraction of sp³-hybridized carbons (Fsp3) is 0. The summed E-state index contributed by atoms with van der Waals surface area (Å²) in [7, 11) is -3.75. The highest BCUT2D eigenvalue weighted by Crippen LogP contribution is 2.32. The second kappa shape index (κ2) is 6.72. The van der Waals surface area contributed by atoms with Gasteiger partial charge in [0.05, 0.1) is 10.6 Å². The van der Waals surface area contributed by atoms with Crippen LogP contribution in [0.2, 0.25) is 0 Å². The fourth-order valence-electron chi connectivity index (χ4n) is 2.51. The number of hydrogen-bond donors (Lipinski definition) is 1. The van der Waals surface area contributed by atoms with Gasteiger partial charge in [-0.1, -0.05) is 78.9 Å². The van der Waals surface area contributed by atoms with E-state index >= 15 is 0 Å². The summed E-state index contributed by atoms with van der Waals surface area (Å²) < 4.78 is 26.4. The molecule has 0 saturated heterocycles. The molecule has 0 aromatic heterocycles. The summed E-state index contributed by atoms with van der Waals surface area (Å²) in [6, 6.07) is 26.4. The lowest BCUT2D eigenvalue weighted by molar-refractivity contribution is 0.606. The quantitative estimate of drug-likeness (QED) is 0.735. The molecule has 0 aliphatic carbocycles. The molecule has 0 spiro atoms. The van der Waals surface area contributed by atoms with E-state index in [-0.39, 0.29) is 15.5 Å². The van der Waals surface area contributed by atoms with Crippen LogP contribution >= 0.6 is 0 Å². The second-order valence-corrected chi connectivity index (χ2v) is 7.18. The molecule has 2 N–H and O–H groups in total. The van der Waals surface area contributed by atoms with Crippen molar-refractivity contribution in [3.63, 3.8) is 0 Å². The van der Waals surface area contributed by atoms with Gasteiger partial charge in [-0.25, -0.2) is 8.42 Å². The van der Waals surface area contributed by atoms with Crippen molar-refractivity contribution in [3.8, 4) is 0 Å². The number of hydrogen-bond acceptors (Lipinski definition) is 3. The van der Waals surface area contributed by atoms with Gasteiger partial charge in [-0.15, -0.1) is 0 Å². The Bertz CT molecular complexity index is 948. The lowest BCUT2D eigenvalue weighted by Gasteiger charge is -2.14. The standard InChI is InChI=1S/C20H17NO2S/c21-19(16-10-4-1-5-11-16)20(17-12-6-2-7-13-17)24(22,23)18-14-8-3-9-15-18/h1-15H,21H2/b20-19-. The Morgan fingerprint density at radius 1 is 0.625 bits per heavy atom. The van der Waals surface area contributed by atoms with Gasteiger partial charge in [0.15, 0.2) is 0 Å². The first kappa shape index (κ1) is 16.0. The van der Waals surface area contributed by atoms with E-state index < -0.39 is 9.84 Å². The van der Waals surface area contributed by atoms with Crippen molar-refractivity contribution in [3.05, 3.63) is 102 Å². The van der Waals surface area contributed by atoms with Crippen LogP contribution in [0, 0.1) is 0 Å². The smallest absolute Gasteiger partial charge is 0.209 e. The van der Waals surface area contributed by atoms with E-state index in [1.165, 1.54) is 0 Å². The van der Waals surface area contributed by atoms with Crippen LogP contribution in [0.5, 0.6) is 0 Å². The molecule has 3 aromatic carbocycles. The molecular weight excluding hydrogens is 318 g/mol. The van der Waals surface area contributed by atoms with Gasteiger partial charge in [0.1, 0.15) is 4.91 Å². The van der Waals surface area contributed by atoms with Gasteiger partial charge in [-0.3, -0.25) is 0 Å². The van der Waals surface area contributed by atoms with Crippen molar-refractivity contribution < 1.29 is 8.42 Å². The van der Waals surface area contributed by atoms with Crippen LogP contribution in [0.3, 0.4) is 0 Å². The van der Waals surface area contributed by atoms with E-state index in [1.54, 1.807) is 66.7 Å². The molecule has 3 rings (SSSR count). The van der Waals surface area contributed by atoms with Gasteiger partial charge >= 0.3 is 0 Å². The Morgan fingerprint density at radius 2 is 1.04 bits per heavy atom. The summed E-state index contributed by atoms with van der Waals surface area (Å²) in [5.41, 5.74) is 7.79. The van der Waals surface area contributed by atoms with Crippen molar-refractivity contribution in [1.82, 2.24) is 0 Å². The molecular formula is C20H17NO2S. The van der Waals surface area contributed by atoms with Crippen molar-refractivity contribution in [2.45, 2.75) is 4.90 Å². The summed E-state index contributed by atoms with van der Waals surface area (Å²) in [6.07, 6.45) is 0. The van der Waals surface area contributed by atoms with Crippen LogP contribution in [0.1, 0.15) is 11.1 Å². The highest BCUT2D eigenvalue weighted by molar-refractivity contribution is 8.01. The van der Waals surface area contributed by atoms with Crippen molar-refractivity contribution in [2.24, 2.45) is 5.73 Å². The lowest BCUT2D eigenvalue weighted by atomic mass is 10.1. The monoisotopic (exact) mass is 335 g/mol. The lowest BCUT2D eigenvalue weighted by Crippen LogP contribution is -2.11. The van der Waals surface area contributed by atoms with Crippen LogP contribution in [-0.4, -0.2) is 8.42 Å². The van der Waals surface area contributed by atoms with E-state index in [0.717, 1.165) is 0 Å². The first-order valence-electron chi connectivity index (χ1n) is 7.51. The van der Waals surface area contributed by atoms with E-state index in [9.17, 15) is 8.42 Å². The Kier molecular flexibility index (Phi) is 4.49. The first-order chi connectivity index (χ1) is 11.6. The first-order valence-corrected chi connectivity index (χ1v) is 9.00. The van der Waals surface area contributed by atoms with E-state index in [0.29, 0.717) is 11.1 Å². The molecule has 3 aromatic rings. The maximum Gasteiger partial charge on any atom is 0.209 e. The Labute approximate surface area is 142 Å². The summed E-state index contributed by atoms with van der Waals surface area (Å²) in [5, 5.41) is 0. The molecule has 0 atom stereocenters. The topological polar surface area (TPSA) is 60.2 Å². The molecule has 0 fully saturated rings. The molecule has 0 radical (unpaired) electrons. The van der Waals surface area contributed by atoms with Crippen LogP contribution in [0.15, 0.2) is 95.9 Å². The molecule has 0 amide bonds. The maximum absolute atomic E-state index is 13.2. The highest BCUT2D eigenvalue weighted by Gasteiger charge is 2.25. The van der Waals surface area contributed by atoms with Crippen LogP contribution in [0.25, 0.3) is 10.6 Å². The number of sulfone groups is 1. The zero-order chi connectivity index (χ0) is 17.0. The predicted molar refractivity (Wildman–Crippen MR) is 97.5 cm³/mol. The molecule has 0 unspecified atom stereocenters. The zero-order valence-electron chi connectivity index (χ0n) is 13.0. The minimum absolute atomic E-state index is 0.125. The molecule has 0 aliphatic heterocycles. The molecule has 0 bridgehead atoms. The average Bonchev–Trinajstić information content (AvgIpc) is 2.64. The molecule has 24 heavy (non-hydrogen) atoms. The van der Waals surface area contributed by atoms with Gasteiger partial charge in [0.25, 0.3) is 0 Å². The van der Waals surface area contributed by atoms with Gasteiger partial charge in [-0.05, 0) is 23.3 Å². The highest BCUT2D eigenvalue weighted by atomic mass is 32.2. The molecule has 120 valence electrons. The van der Waals surface area contributed by atoms with Gasteiger partial charge < -0.3 is 5.73 Å². The average molecular weight is 335 g/mol. The molecule has 3 nitrogen and oxygen atoms in total. The number of rotatable bonds is 4. The minimum Gasteiger partial charge on any atom is -0.397 e. The third-order valence-electron chi connectivity index (χ3n) is 3.69. The van der Waals surface area contributed by atoms with E-state index in [4.69, 9.17) is 5.73 Å². The summed E-state index contributed by atoms with van der Waals surface area (Å²) >= 11 is 0. The SMILES string of the molecule is N/C(=C(/c1ccccc1)S(=O)(=O)c1ccccc1)c1ccccc1. The Morgan fingerprint density at radius 3 is 1.54 bits per heavy atom. The van der Waals surface area contributed by atoms with Crippen LogP contribution in [-0.2, 0) is 9.84 Å². The van der Waals surface area contributed by atoms with Crippen LogP contribution in [0.4, 0.5) is 0 Å². The molecule has 0 heterocycles. The van der Waals surface area contributed by atoms with Crippen molar-refractivity contribution in [2.75, 3.05) is 0 Å². The number of nitrogens with two attached hydrogens (primary N) is 1. The van der Waals surface area contributed by atoms with E-state index in [2.05, 4.69) is 0 Å². The van der Waals surface area contributed by atoms with Crippen LogP contribution < -0.4 is 5.73 Å². The maximum atomic E-state index is 13.2. The molecule has 0 saturated carbocycles. The fourth-order valence-corrected chi connectivity index (χ4v) is 4.12. The van der Waals surface area contributed by atoms with Crippen molar-refractivity contribution in [1.29, 1.82) is 0 Å². The third kappa shape index (κ3) is 3.09. The normalized spacial score (nSPS) is 12.5. The summed E-state index contributed by atoms with van der Waals surface area (Å²) in [4.78, 5) is 0.350. The predicted octanol–water partition coefficient (Wildman–Crippen LogP) is 3.95. The van der Waals surface area contributed by atoms with E-state index in [1.807, 2.05) is 24.3 Å². The van der Waals surface area contributed by atoms with Gasteiger partial charge in [-0.2, -0.15) is 0 Å². The zero-order valence-corrected chi connectivity index (χ0v) is 13.8.